The number of ether oxygens (including phenoxy) is 1. The second kappa shape index (κ2) is 9.99. The first-order chi connectivity index (χ1) is 14.8. The molecule has 0 saturated carbocycles. The van der Waals surface area contributed by atoms with Gasteiger partial charge in [-0.05, 0) is 61.9 Å². The van der Waals surface area contributed by atoms with Gasteiger partial charge in [-0.25, -0.2) is 0 Å². The molecule has 2 aromatic rings. The molecule has 1 N–H and O–H groups in total. The third kappa shape index (κ3) is 5.66. The number of benzene rings is 2. The minimum absolute atomic E-state index is 0.0603. The largest absolute Gasteiger partial charge is 0.481 e. The average Bonchev–Trinajstić information content (AvgIpc) is 2.72. The van der Waals surface area contributed by atoms with Crippen molar-refractivity contribution in [3.63, 3.8) is 0 Å². The highest BCUT2D eigenvalue weighted by Crippen LogP contribution is 2.37. The van der Waals surface area contributed by atoms with E-state index >= 15 is 0 Å². The molecular weight excluding hydrogens is 388 g/mol. The Balaban J connectivity index is 1.94. The smallest absolute Gasteiger partial charge is 0.260 e. The van der Waals surface area contributed by atoms with E-state index in [-0.39, 0.29) is 23.9 Å². The predicted octanol–water partition coefficient (Wildman–Crippen LogP) is 4.50. The summed E-state index contributed by atoms with van der Waals surface area (Å²) in [7, 11) is 0. The number of nitrogens with zero attached hydrogens (tertiary/aromatic N) is 1. The molecule has 2 amide bonds. The van der Waals surface area contributed by atoms with Gasteiger partial charge in [0.1, 0.15) is 5.75 Å². The summed E-state index contributed by atoms with van der Waals surface area (Å²) in [6.45, 7) is 10.5. The first-order valence-corrected chi connectivity index (χ1v) is 11.2. The molecule has 0 aliphatic carbocycles. The van der Waals surface area contributed by atoms with Gasteiger partial charge in [-0.2, -0.15) is 0 Å². The molecule has 2 aromatic carbocycles. The summed E-state index contributed by atoms with van der Waals surface area (Å²) in [5, 5.41) is 2.88. The van der Waals surface area contributed by atoms with E-state index in [0.29, 0.717) is 24.6 Å². The summed E-state index contributed by atoms with van der Waals surface area (Å²) in [5.74, 6) is 0.983. The van der Waals surface area contributed by atoms with Crippen LogP contribution < -0.4 is 10.1 Å². The van der Waals surface area contributed by atoms with Crippen molar-refractivity contribution in [3.05, 3.63) is 65.2 Å². The summed E-state index contributed by atoms with van der Waals surface area (Å²) in [5.41, 5.74) is 3.38. The lowest BCUT2D eigenvalue weighted by Gasteiger charge is -2.38. The Morgan fingerprint density at radius 1 is 1.06 bits per heavy atom. The maximum atomic E-state index is 13.1. The Labute approximate surface area is 185 Å². The zero-order valence-corrected chi connectivity index (χ0v) is 19.2. The lowest BCUT2D eigenvalue weighted by atomic mass is 9.87. The van der Waals surface area contributed by atoms with Crippen molar-refractivity contribution in [2.45, 2.75) is 65.6 Å². The van der Waals surface area contributed by atoms with Crippen molar-refractivity contribution in [1.29, 1.82) is 0 Å². The molecule has 0 fully saturated rings. The van der Waals surface area contributed by atoms with Crippen molar-refractivity contribution >= 4 is 11.8 Å². The van der Waals surface area contributed by atoms with Gasteiger partial charge in [0.05, 0.1) is 6.04 Å². The summed E-state index contributed by atoms with van der Waals surface area (Å²) in [6.07, 6.45) is 0.742. The van der Waals surface area contributed by atoms with Crippen LogP contribution in [0.25, 0.3) is 0 Å². The SMILES string of the molecule is CC(C)CC(=O)N1CCc2ccc(O[C@H](C)C(=O)NC(C)C)cc2[C@H]1c1ccccc1. The minimum atomic E-state index is -0.599. The van der Waals surface area contributed by atoms with Crippen LogP contribution in [-0.2, 0) is 16.0 Å². The highest BCUT2D eigenvalue weighted by molar-refractivity contribution is 5.81. The fraction of sp³-hybridized carbons (Fsp3) is 0.462. The van der Waals surface area contributed by atoms with Crippen LogP contribution in [0.5, 0.6) is 5.75 Å². The van der Waals surface area contributed by atoms with Crippen molar-refractivity contribution in [2.75, 3.05) is 6.54 Å². The molecule has 0 aromatic heterocycles. The highest BCUT2D eigenvalue weighted by atomic mass is 16.5. The quantitative estimate of drug-likeness (QED) is 0.715. The number of amides is 2. The monoisotopic (exact) mass is 422 g/mol. The zero-order chi connectivity index (χ0) is 22.5. The van der Waals surface area contributed by atoms with Crippen molar-refractivity contribution in [2.24, 2.45) is 5.92 Å². The van der Waals surface area contributed by atoms with Crippen LogP contribution in [-0.4, -0.2) is 35.4 Å². The van der Waals surface area contributed by atoms with E-state index in [1.54, 1.807) is 6.92 Å². The van der Waals surface area contributed by atoms with E-state index in [1.807, 2.05) is 49.1 Å². The third-order valence-corrected chi connectivity index (χ3v) is 5.48. The van der Waals surface area contributed by atoms with E-state index in [4.69, 9.17) is 4.74 Å². The molecule has 5 nitrogen and oxygen atoms in total. The summed E-state index contributed by atoms with van der Waals surface area (Å²) in [4.78, 5) is 27.4. The Hall–Kier alpha value is -2.82. The van der Waals surface area contributed by atoms with Crippen LogP contribution in [0.1, 0.15) is 63.8 Å². The molecule has 0 radical (unpaired) electrons. The van der Waals surface area contributed by atoms with Crippen molar-refractivity contribution < 1.29 is 14.3 Å². The van der Waals surface area contributed by atoms with Gasteiger partial charge in [-0.15, -0.1) is 0 Å². The first kappa shape index (κ1) is 22.9. The molecule has 166 valence electrons. The molecule has 0 saturated heterocycles. The summed E-state index contributed by atoms with van der Waals surface area (Å²) >= 11 is 0. The van der Waals surface area contributed by atoms with E-state index in [0.717, 1.165) is 17.5 Å². The van der Waals surface area contributed by atoms with E-state index < -0.39 is 6.10 Å². The van der Waals surface area contributed by atoms with Gasteiger partial charge in [-0.3, -0.25) is 9.59 Å². The normalized spacial score (nSPS) is 16.7. The van der Waals surface area contributed by atoms with E-state index in [9.17, 15) is 9.59 Å². The number of hydrogen-bond acceptors (Lipinski definition) is 3. The Kier molecular flexibility index (Phi) is 7.37. The standard InChI is InChI=1S/C26H34N2O3/c1-17(2)15-24(29)28-14-13-20-11-12-22(31-19(5)26(30)27-18(3)4)16-23(20)25(28)21-9-7-6-8-10-21/h6-12,16-19,25H,13-15H2,1-5H3,(H,27,30)/t19-,25-/m1/s1. The van der Waals surface area contributed by atoms with Gasteiger partial charge in [-0.1, -0.05) is 50.2 Å². The second-order valence-corrected chi connectivity index (χ2v) is 9.03. The van der Waals surface area contributed by atoms with Crippen LogP contribution in [0.3, 0.4) is 0 Å². The Morgan fingerprint density at radius 2 is 1.77 bits per heavy atom. The predicted molar refractivity (Wildman–Crippen MR) is 123 cm³/mol. The number of carbonyl (C=O) groups excluding carboxylic acids is 2. The molecule has 0 bridgehead atoms. The zero-order valence-electron chi connectivity index (χ0n) is 19.2. The first-order valence-electron chi connectivity index (χ1n) is 11.2. The Morgan fingerprint density at radius 3 is 2.42 bits per heavy atom. The second-order valence-electron chi connectivity index (χ2n) is 9.03. The van der Waals surface area contributed by atoms with Crippen molar-refractivity contribution in [1.82, 2.24) is 10.2 Å². The van der Waals surface area contributed by atoms with Crippen LogP contribution in [0, 0.1) is 5.92 Å². The fourth-order valence-corrected chi connectivity index (χ4v) is 4.06. The van der Waals surface area contributed by atoms with E-state index in [2.05, 4.69) is 37.4 Å². The van der Waals surface area contributed by atoms with Gasteiger partial charge in [0, 0.05) is 19.0 Å². The molecule has 31 heavy (non-hydrogen) atoms. The number of hydrogen-bond donors (Lipinski definition) is 1. The van der Waals surface area contributed by atoms with Crippen LogP contribution in [0.2, 0.25) is 0 Å². The topological polar surface area (TPSA) is 58.6 Å². The number of fused-ring (bicyclic) bond motifs is 1. The average molecular weight is 423 g/mol. The fourth-order valence-electron chi connectivity index (χ4n) is 4.06. The van der Waals surface area contributed by atoms with Gasteiger partial charge in [0.15, 0.2) is 6.10 Å². The Bertz CT molecular complexity index is 908. The molecule has 1 aliphatic rings. The maximum Gasteiger partial charge on any atom is 0.260 e. The van der Waals surface area contributed by atoms with Crippen LogP contribution in [0.4, 0.5) is 0 Å². The molecule has 0 spiro atoms. The number of nitrogens with one attached hydrogen (secondary N) is 1. The number of rotatable bonds is 7. The molecule has 3 rings (SSSR count). The minimum Gasteiger partial charge on any atom is -0.481 e. The molecule has 1 aliphatic heterocycles. The van der Waals surface area contributed by atoms with Crippen LogP contribution >= 0.6 is 0 Å². The maximum absolute atomic E-state index is 13.1. The highest BCUT2D eigenvalue weighted by Gasteiger charge is 2.32. The molecule has 0 unspecified atom stereocenters. The number of carbonyl (C=O) groups is 2. The van der Waals surface area contributed by atoms with Gasteiger partial charge in [0.2, 0.25) is 5.91 Å². The van der Waals surface area contributed by atoms with Gasteiger partial charge < -0.3 is 15.0 Å². The summed E-state index contributed by atoms with van der Waals surface area (Å²) in [6, 6.07) is 16.0. The van der Waals surface area contributed by atoms with Crippen LogP contribution in [0.15, 0.2) is 48.5 Å². The molecule has 1 heterocycles. The molecule has 2 atom stereocenters. The molecular formula is C26H34N2O3. The van der Waals surface area contributed by atoms with E-state index in [1.165, 1.54) is 5.56 Å². The van der Waals surface area contributed by atoms with Gasteiger partial charge in [0.25, 0.3) is 5.91 Å². The van der Waals surface area contributed by atoms with Crippen molar-refractivity contribution in [3.8, 4) is 5.75 Å². The third-order valence-electron chi connectivity index (χ3n) is 5.48. The lowest BCUT2D eigenvalue weighted by Crippen LogP contribution is -2.41. The lowest BCUT2D eigenvalue weighted by molar-refractivity contribution is -0.134. The summed E-state index contributed by atoms with van der Waals surface area (Å²) < 4.78 is 5.97. The molecule has 5 heteroatoms. The van der Waals surface area contributed by atoms with Gasteiger partial charge >= 0.3 is 0 Å².